The maximum atomic E-state index is 5.53. The van der Waals surface area contributed by atoms with Crippen molar-refractivity contribution in [3.63, 3.8) is 0 Å². The van der Waals surface area contributed by atoms with Gasteiger partial charge < -0.3 is 9.64 Å². The highest BCUT2D eigenvalue weighted by Crippen LogP contribution is 2.28. The predicted molar refractivity (Wildman–Crippen MR) is 57.1 cm³/mol. The van der Waals surface area contributed by atoms with E-state index in [4.69, 9.17) is 4.74 Å². The van der Waals surface area contributed by atoms with Crippen LogP contribution in [0.5, 0.6) is 5.88 Å². The number of rotatable bonds is 4. The highest BCUT2D eigenvalue weighted by atomic mass is 32.1. The van der Waals surface area contributed by atoms with Crippen LogP contribution in [-0.4, -0.2) is 28.4 Å². The van der Waals surface area contributed by atoms with Crippen LogP contribution in [0.1, 0.15) is 26.2 Å². The fraction of sp³-hybridized carbons (Fsp3) is 0.778. The van der Waals surface area contributed by atoms with Gasteiger partial charge in [0.05, 0.1) is 18.3 Å². The molecule has 1 aliphatic rings. The molecule has 2 rings (SSSR count). The van der Waals surface area contributed by atoms with Gasteiger partial charge >= 0.3 is 0 Å². The number of nitrogens with zero attached hydrogens (tertiary/aromatic N) is 3. The molecule has 0 atom stereocenters. The third-order valence-electron chi connectivity index (χ3n) is 2.29. The van der Waals surface area contributed by atoms with Crippen LogP contribution in [0, 0.1) is 0 Å². The minimum Gasteiger partial charge on any atom is -0.474 e. The zero-order chi connectivity index (χ0) is 9.80. The highest BCUT2D eigenvalue weighted by Gasteiger charge is 2.20. The Morgan fingerprint density at radius 2 is 2.14 bits per heavy atom. The van der Waals surface area contributed by atoms with Crippen LogP contribution >= 0.6 is 11.7 Å². The van der Waals surface area contributed by atoms with Crippen LogP contribution in [0.4, 0.5) is 5.82 Å². The summed E-state index contributed by atoms with van der Waals surface area (Å²) in [5.41, 5.74) is 0. The molecule has 78 valence electrons. The van der Waals surface area contributed by atoms with Crippen molar-refractivity contribution in [2.75, 3.05) is 24.6 Å². The first-order valence-electron chi connectivity index (χ1n) is 5.12. The second kappa shape index (κ2) is 4.59. The number of aromatic nitrogens is 2. The molecular formula is C9H15N3OS. The first-order chi connectivity index (χ1) is 6.92. The van der Waals surface area contributed by atoms with Crippen molar-refractivity contribution in [1.29, 1.82) is 0 Å². The molecule has 2 heterocycles. The van der Waals surface area contributed by atoms with Gasteiger partial charge in [-0.05, 0) is 19.3 Å². The predicted octanol–water partition coefficient (Wildman–Crippen LogP) is 1.93. The van der Waals surface area contributed by atoms with Crippen molar-refractivity contribution in [3.05, 3.63) is 0 Å². The summed E-state index contributed by atoms with van der Waals surface area (Å²) in [5.74, 6) is 1.67. The lowest BCUT2D eigenvalue weighted by molar-refractivity contribution is 0.308. The smallest absolute Gasteiger partial charge is 0.270 e. The normalized spacial score (nSPS) is 16.2. The lowest BCUT2D eigenvalue weighted by Gasteiger charge is -2.14. The van der Waals surface area contributed by atoms with E-state index >= 15 is 0 Å². The van der Waals surface area contributed by atoms with E-state index in [0.717, 1.165) is 37.8 Å². The monoisotopic (exact) mass is 213 g/mol. The first kappa shape index (κ1) is 9.71. The van der Waals surface area contributed by atoms with E-state index in [-0.39, 0.29) is 0 Å². The summed E-state index contributed by atoms with van der Waals surface area (Å²) in [6.07, 6.45) is 3.52. The van der Waals surface area contributed by atoms with E-state index in [2.05, 4.69) is 20.6 Å². The fourth-order valence-corrected chi connectivity index (χ4v) is 2.11. The van der Waals surface area contributed by atoms with Gasteiger partial charge in [-0.15, -0.1) is 4.37 Å². The molecule has 1 fully saturated rings. The molecule has 1 aromatic heterocycles. The van der Waals surface area contributed by atoms with Crippen molar-refractivity contribution in [1.82, 2.24) is 8.75 Å². The molecule has 0 N–H and O–H groups in total. The number of hydrogen-bond acceptors (Lipinski definition) is 5. The zero-order valence-electron chi connectivity index (χ0n) is 8.40. The molecule has 0 saturated carbocycles. The van der Waals surface area contributed by atoms with E-state index in [0.29, 0.717) is 0 Å². The quantitative estimate of drug-likeness (QED) is 0.766. The van der Waals surface area contributed by atoms with E-state index in [9.17, 15) is 0 Å². The van der Waals surface area contributed by atoms with E-state index in [1.807, 2.05) is 0 Å². The van der Waals surface area contributed by atoms with Crippen molar-refractivity contribution in [2.24, 2.45) is 0 Å². The summed E-state index contributed by atoms with van der Waals surface area (Å²) in [6.45, 7) is 5.00. The van der Waals surface area contributed by atoms with Crippen molar-refractivity contribution < 1.29 is 4.74 Å². The molecule has 14 heavy (non-hydrogen) atoms. The van der Waals surface area contributed by atoms with Gasteiger partial charge in [0.25, 0.3) is 5.88 Å². The molecule has 5 heteroatoms. The SMILES string of the molecule is CCCOc1nsnc1N1CCCC1. The Morgan fingerprint density at radius 1 is 1.36 bits per heavy atom. The maximum absolute atomic E-state index is 5.53. The molecule has 1 aromatic rings. The maximum Gasteiger partial charge on any atom is 0.270 e. The van der Waals surface area contributed by atoms with Gasteiger partial charge in [0.1, 0.15) is 0 Å². The largest absolute Gasteiger partial charge is 0.474 e. The van der Waals surface area contributed by atoms with Gasteiger partial charge in [0.2, 0.25) is 5.82 Å². The molecule has 0 unspecified atom stereocenters. The van der Waals surface area contributed by atoms with E-state index < -0.39 is 0 Å². The van der Waals surface area contributed by atoms with E-state index in [1.54, 1.807) is 0 Å². The average Bonchev–Trinajstić information content (AvgIpc) is 2.84. The summed E-state index contributed by atoms with van der Waals surface area (Å²) in [4.78, 5) is 2.26. The average molecular weight is 213 g/mol. The third-order valence-corrected chi connectivity index (χ3v) is 2.79. The van der Waals surface area contributed by atoms with Crippen LogP contribution < -0.4 is 9.64 Å². The second-order valence-corrected chi connectivity index (χ2v) is 3.96. The number of anilines is 1. The van der Waals surface area contributed by atoms with Crippen LogP contribution in [0.25, 0.3) is 0 Å². The lowest BCUT2D eigenvalue weighted by Crippen LogP contribution is -2.18. The van der Waals surface area contributed by atoms with Gasteiger partial charge in [-0.2, -0.15) is 4.37 Å². The molecule has 0 amide bonds. The van der Waals surface area contributed by atoms with Gasteiger partial charge in [0.15, 0.2) is 0 Å². The Balaban J connectivity index is 2.04. The minimum atomic E-state index is 0.721. The summed E-state index contributed by atoms with van der Waals surface area (Å²) in [7, 11) is 0. The van der Waals surface area contributed by atoms with Crippen LogP contribution in [0.2, 0.25) is 0 Å². The highest BCUT2D eigenvalue weighted by molar-refractivity contribution is 6.99. The van der Waals surface area contributed by atoms with Gasteiger partial charge in [-0.1, -0.05) is 6.92 Å². The molecular weight excluding hydrogens is 198 g/mol. The summed E-state index contributed by atoms with van der Waals surface area (Å²) in [5, 5.41) is 0. The molecule has 0 radical (unpaired) electrons. The Morgan fingerprint density at radius 3 is 2.86 bits per heavy atom. The van der Waals surface area contributed by atoms with Crippen LogP contribution in [0.3, 0.4) is 0 Å². The summed E-state index contributed by atoms with van der Waals surface area (Å²) in [6, 6.07) is 0. The topological polar surface area (TPSA) is 38.3 Å². The number of hydrogen-bond donors (Lipinski definition) is 0. The van der Waals surface area contributed by atoms with E-state index in [1.165, 1.54) is 24.6 Å². The molecule has 0 spiro atoms. The summed E-state index contributed by atoms with van der Waals surface area (Å²) < 4.78 is 14.0. The summed E-state index contributed by atoms with van der Waals surface area (Å²) >= 11 is 1.24. The van der Waals surface area contributed by atoms with Crippen molar-refractivity contribution in [2.45, 2.75) is 26.2 Å². The van der Waals surface area contributed by atoms with Crippen LogP contribution in [-0.2, 0) is 0 Å². The van der Waals surface area contributed by atoms with Gasteiger partial charge in [0, 0.05) is 13.1 Å². The molecule has 4 nitrogen and oxygen atoms in total. The molecule has 0 bridgehead atoms. The van der Waals surface area contributed by atoms with Crippen molar-refractivity contribution in [3.8, 4) is 5.88 Å². The first-order valence-corrected chi connectivity index (χ1v) is 5.85. The van der Waals surface area contributed by atoms with Gasteiger partial charge in [-0.3, -0.25) is 0 Å². The third kappa shape index (κ3) is 1.97. The molecule has 0 aromatic carbocycles. The Hall–Kier alpha value is -0.840. The Labute approximate surface area is 88.2 Å². The molecule has 1 aliphatic heterocycles. The van der Waals surface area contributed by atoms with Crippen LogP contribution in [0.15, 0.2) is 0 Å². The fourth-order valence-electron chi connectivity index (χ4n) is 1.59. The standard InChI is InChI=1S/C9H15N3OS/c1-2-7-13-9-8(10-14-11-9)12-5-3-4-6-12/h2-7H2,1H3. The lowest BCUT2D eigenvalue weighted by atomic mass is 10.4. The van der Waals surface area contributed by atoms with Gasteiger partial charge in [-0.25, -0.2) is 0 Å². The minimum absolute atomic E-state index is 0.721. The zero-order valence-corrected chi connectivity index (χ0v) is 9.22. The second-order valence-electron chi connectivity index (χ2n) is 3.44. The Kier molecular flexibility index (Phi) is 3.18. The Bertz CT molecular complexity index is 283. The number of ether oxygens (including phenoxy) is 1. The molecule has 1 saturated heterocycles. The van der Waals surface area contributed by atoms with Crippen molar-refractivity contribution >= 4 is 17.5 Å². The molecule has 0 aliphatic carbocycles.